The largest absolute Gasteiger partial charge is 0.339 e. The standard InChI is InChI=1S/C15H25N3O/c1-2-6-17-7-9-18(10-8-17)15(19)14-13-5-3-4-12(13)11-16-14/h2,12-14,16H,1,3-11H2. The minimum absolute atomic E-state index is 0.110. The van der Waals surface area contributed by atoms with Crippen LogP contribution in [-0.2, 0) is 4.79 Å². The predicted molar refractivity (Wildman–Crippen MR) is 75.8 cm³/mol. The van der Waals surface area contributed by atoms with E-state index < -0.39 is 0 Å². The molecule has 4 nitrogen and oxygen atoms in total. The predicted octanol–water partition coefficient (Wildman–Crippen LogP) is 0.705. The number of nitrogens with one attached hydrogen (secondary N) is 1. The highest BCUT2D eigenvalue weighted by Gasteiger charge is 2.43. The summed E-state index contributed by atoms with van der Waals surface area (Å²) in [6, 6.07) is 0.110. The zero-order valence-electron chi connectivity index (χ0n) is 11.7. The molecule has 3 aliphatic rings. The van der Waals surface area contributed by atoms with Crippen molar-refractivity contribution < 1.29 is 4.79 Å². The maximum Gasteiger partial charge on any atom is 0.240 e. The van der Waals surface area contributed by atoms with Crippen LogP contribution in [0.1, 0.15) is 19.3 Å². The van der Waals surface area contributed by atoms with Gasteiger partial charge in [-0.15, -0.1) is 6.58 Å². The van der Waals surface area contributed by atoms with Gasteiger partial charge in [-0.25, -0.2) is 0 Å². The van der Waals surface area contributed by atoms with Crippen molar-refractivity contribution in [2.24, 2.45) is 11.8 Å². The molecule has 0 bridgehead atoms. The van der Waals surface area contributed by atoms with Crippen LogP contribution in [0.3, 0.4) is 0 Å². The first-order chi connectivity index (χ1) is 9.29. The van der Waals surface area contributed by atoms with E-state index in [-0.39, 0.29) is 6.04 Å². The Morgan fingerprint density at radius 1 is 1.26 bits per heavy atom. The molecule has 106 valence electrons. The molecule has 3 rings (SSSR count). The van der Waals surface area contributed by atoms with Crippen LogP contribution >= 0.6 is 0 Å². The molecule has 3 fully saturated rings. The number of hydrogen-bond acceptors (Lipinski definition) is 3. The molecular formula is C15H25N3O. The monoisotopic (exact) mass is 263 g/mol. The molecule has 0 spiro atoms. The second-order valence-electron chi connectivity index (χ2n) is 6.16. The minimum Gasteiger partial charge on any atom is -0.339 e. The van der Waals surface area contributed by atoms with Crippen molar-refractivity contribution in [3.63, 3.8) is 0 Å². The van der Waals surface area contributed by atoms with Crippen molar-refractivity contribution in [1.29, 1.82) is 0 Å². The SMILES string of the molecule is C=CCN1CCN(C(=O)C2NCC3CCCC32)CC1. The molecule has 1 N–H and O–H groups in total. The van der Waals surface area contributed by atoms with Crippen LogP contribution in [0.5, 0.6) is 0 Å². The normalized spacial score (nSPS) is 35.4. The highest BCUT2D eigenvalue weighted by Crippen LogP contribution is 2.38. The number of amides is 1. The van der Waals surface area contributed by atoms with Gasteiger partial charge < -0.3 is 10.2 Å². The van der Waals surface area contributed by atoms with Crippen LogP contribution in [0.4, 0.5) is 0 Å². The lowest BCUT2D eigenvalue weighted by molar-refractivity contribution is -0.135. The molecule has 1 amide bonds. The summed E-state index contributed by atoms with van der Waals surface area (Å²) in [5, 5.41) is 3.47. The van der Waals surface area contributed by atoms with Crippen molar-refractivity contribution in [2.75, 3.05) is 39.3 Å². The average molecular weight is 263 g/mol. The third-order valence-corrected chi connectivity index (χ3v) is 5.08. The van der Waals surface area contributed by atoms with Crippen molar-refractivity contribution in [2.45, 2.75) is 25.3 Å². The summed E-state index contributed by atoms with van der Waals surface area (Å²) >= 11 is 0. The lowest BCUT2D eigenvalue weighted by Crippen LogP contribution is -2.54. The number of fused-ring (bicyclic) bond motifs is 1. The van der Waals surface area contributed by atoms with Gasteiger partial charge in [-0.2, -0.15) is 0 Å². The van der Waals surface area contributed by atoms with E-state index in [0.29, 0.717) is 11.8 Å². The fourth-order valence-electron chi connectivity index (χ4n) is 3.99. The summed E-state index contributed by atoms with van der Waals surface area (Å²) in [5.41, 5.74) is 0. The maximum atomic E-state index is 12.6. The first-order valence-corrected chi connectivity index (χ1v) is 7.65. The van der Waals surface area contributed by atoms with Gasteiger partial charge in [-0.3, -0.25) is 9.69 Å². The average Bonchev–Trinajstić information content (AvgIpc) is 3.01. The Balaban J connectivity index is 1.55. The fraction of sp³-hybridized carbons (Fsp3) is 0.800. The van der Waals surface area contributed by atoms with E-state index in [1.807, 2.05) is 6.08 Å². The molecule has 3 unspecified atom stereocenters. The molecule has 2 heterocycles. The number of carbonyl (C=O) groups excluding carboxylic acids is 1. The van der Waals surface area contributed by atoms with Gasteiger partial charge in [0.15, 0.2) is 0 Å². The minimum atomic E-state index is 0.110. The van der Waals surface area contributed by atoms with Gasteiger partial charge in [-0.1, -0.05) is 12.5 Å². The van der Waals surface area contributed by atoms with Gasteiger partial charge >= 0.3 is 0 Å². The van der Waals surface area contributed by atoms with E-state index in [1.165, 1.54) is 19.3 Å². The smallest absolute Gasteiger partial charge is 0.240 e. The van der Waals surface area contributed by atoms with Crippen LogP contribution in [0.2, 0.25) is 0 Å². The van der Waals surface area contributed by atoms with Crippen LogP contribution in [-0.4, -0.2) is 61.0 Å². The molecular weight excluding hydrogens is 238 g/mol. The number of hydrogen-bond donors (Lipinski definition) is 1. The van der Waals surface area contributed by atoms with E-state index in [9.17, 15) is 4.79 Å². The topological polar surface area (TPSA) is 35.6 Å². The zero-order valence-corrected chi connectivity index (χ0v) is 11.7. The molecule has 2 saturated heterocycles. The second-order valence-corrected chi connectivity index (χ2v) is 6.16. The number of piperazine rings is 1. The highest BCUT2D eigenvalue weighted by molar-refractivity contribution is 5.83. The van der Waals surface area contributed by atoms with Crippen molar-refractivity contribution in [3.05, 3.63) is 12.7 Å². The van der Waals surface area contributed by atoms with E-state index >= 15 is 0 Å². The van der Waals surface area contributed by atoms with Gasteiger partial charge in [0.05, 0.1) is 6.04 Å². The zero-order chi connectivity index (χ0) is 13.2. The summed E-state index contributed by atoms with van der Waals surface area (Å²) in [6.45, 7) is 9.49. The first-order valence-electron chi connectivity index (χ1n) is 7.65. The first kappa shape index (κ1) is 13.1. The molecule has 4 heteroatoms. The van der Waals surface area contributed by atoms with E-state index in [1.54, 1.807) is 0 Å². The third kappa shape index (κ3) is 2.56. The summed E-state index contributed by atoms with van der Waals surface area (Å²) < 4.78 is 0. The molecule has 2 aliphatic heterocycles. The van der Waals surface area contributed by atoms with E-state index in [4.69, 9.17) is 0 Å². The van der Waals surface area contributed by atoms with Gasteiger partial charge in [0.25, 0.3) is 0 Å². The summed E-state index contributed by atoms with van der Waals surface area (Å²) in [5.74, 6) is 1.72. The van der Waals surface area contributed by atoms with E-state index in [2.05, 4.69) is 21.7 Å². The number of carbonyl (C=O) groups is 1. The Morgan fingerprint density at radius 3 is 2.79 bits per heavy atom. The number of rotatable bonds is 3. The molecule has 1 aliphatic carbocycles. The molecule has 3 atom stereocenters. The molecule has 0 aromatic carbocycles. The molecule has 1 saturated carbocycles. The van der Waals surface area contributed by atoms with Crippen molar-refractivity contribution in [1.82, 2.24) is 15.1 Å². The second kappa shape index (κ2) is 5.63. The Kier molecular flexibility index (Phi) is 3.89. The third-order valence-electron chi connectivity index (χ3n) is 5.08. The van der Waals surface area contributed by atoms with Crippen LogP contribution < -0.4 is 5.32 Å². The lowest BCUT2D eigenvalue weighted by atomic mass is 9.93. The van der Waals surface area contributed by atoms with Gasteiger partial charge in [0, 0.05) is 32.7 Å². The fourth-order valence-corrected chi connectivity index (χ4v) is 3.99. The van der Waals surface area contributed by atoms with Crippen LogP contribution in [0.25, 0.3) is 0 Å². The Morgan fingerprint density at radius 2 is 2.05 bits per heavy atom. The van der Waals surface area contributed by atoms with Gasteiger partial charge in [0.1, 0.15) is 0 Å². The molecule has 0 aromatic rings. The van der Waals surface area contributed by atoms with Crippen LogP contribution in [0, 0.1) is 11.8 Å². The van der Waals surface area contributed by atoms with Crippen LogP contribution in [0.15, 0.2) is 12.7 Å². The van der Waals surface area contributed by atoms with E-state index in [0.717, 1.165) is 45.2 Å². The molecule has 0 radical (unpaired) electrons. The summed E-state index contributed by atoms with van der Waals surface area (Å²) in [7, 11) is 0. The molecule has 19 heavy (non-hydrogen) atoms. The quantitative estimate of drug-likeness (QED) is 0.762. The lowest BCUT2D eigenvalue weighted by Gasteiger charge is -2.36. The van der Waals surface area contributed by atoms with Gasteiger partial charge in [-0.05, 0) is 31.2 Å². The Hall–Kier alpha value is -0.870. The summed E-state index contributed by atoms with van der Waals surface area (Å²) in [6.07, 6.45) is 5.81. The Labute approximate surface area is 115 Å². The highest BCUT2D eigenvalue weighted by atomic mass is 16.2. The van der Waals surface area contributed by atoms with Crippen molar-refractivity contribution >= 4 is 5.91 Å². The Bertz CT molecular complexity index is 349. The maximum absolute atomic E-state index is 12.6. The number of nitrogens with zero attached hydrogens (tertiary/aromatic N) is 2. The van der Waals surface area contributed by atoms with Gasteiger partial charge in [0.2, 0.25) is 5.91 Å². The van der Waals surface area contributed by atoms with Crippen molar-refractivity contribution in [3.8, 4) is 0 Å². The summed E-state index contributed by atoms with van der Waals surface area (Å²) in [4.78, 5) is 17.1. The molecule has 0 aromatic heterocycles.